The van der Waals surface area contributed by atoms with Gasteiger partial charge in [-0.25, -0.2) is 0 Å². The molecule has 2 aromatic carbocycles. The summed E-state index contributed by atoms with van der Waals surface area (Å²) in [6.07, 6.45) is 4.08. The first kappa shape index (κ1) is 18.1. The van der Waals surface area contributed by atoms with Crippen LogP contribution < -0.4 is 5.32 Å². The van der Waals surface area contributed by atoms with E-state index in [1.54, 1.807) is 0 Å². The van der Waals surface area contributed by atoms with E-state index in [0.717, 1.165) is 36.3 Å². The molecule has 0 saturated carbocycles. The minimum absolute atomic E-state index is 0.0142. The van der Waals surface area contributed by atoms with Gasteiger partial charge in [-0.3, -0.25) is 0 Å². The van der Waals surface area contributed by atoms with E-state index in [9.17, 15) is 5.11 Å². The summed E-state index contributed by atoms with van der Waals surface area (Å²) in [5.74, 6) is 1.02. The highest BCUT2D eigenvalue weighted by Gasteiger charge is 2.39. The SMILES string of the molecule is CCCN[C@@H](CCSC)C(O)(c1ccccc1)c1ccccc1. The van der Waals surface area contributed by atoms with Crippen LogP contribution in [0.25, 0.3) is 0 Å². The Bertz CT molecular complexity index is 511. The van der Waals surface area contributed by atoms with Crippen LogP contribution in [0.4, 0.5) is 0 Å². The second-order valence-corrected chi connectivity index (χ2v) is 6.77. The number of hydrogen-bond donors (Lipinski definition) is 2. The number of hydrogen-bond acceptors (Lipinski definition) is 3. The largest absolute Gasteiger partial charge is 0.379 e. The third-order valence-corrected chi connectivity index (χ3v) is 4.83. The fourth-order valence-electron chi connectivity index (χ4n) is 2.97. The van der Waals surface area contributed by atoms with Crippen LogP contribution in [0.2, 0.25) is 0 Å². The molecule has 23 heavy (non-hydrogen) atoms. The van der Waals surface area contributed by atoms with Gasteiger partial charge in [0, 0.05) is 6.04 Å². The van der Waals surface area contributed by atoms with Crippen molar-refractivity contribution in [2.45, 2.75) is 31.4 Å². The maximum Gasteiger partial charge on any atom is 0.130 e. The summed E-state index contributed by atoms with van der Waals surface area (Å²) in [4.78, 5) is 0. The number of rotatable bonds is 9. The molecule has 0 unspecified atom stereocenters. The molecule has 2 rings (SSSR count). The van der Waals surface area contributed by atoms with E-state index in [1.807, 2.05) is 72.4 Å². The Morgan fingerprint density at radius 1 is 1.00 bits per heavy atom. The Morgan fingerprint density at radius 3 is 1.96 bits per heavy atom. The fourth-order valence-corrected chi connectivity index (χ4v) is 3.44. The van der Waals surface area contributed by atoms with Crippen LogP contribution in [0.3, 0.4) is 0 Å². The van der Waals surface area contributed by atoms with E-state index in [0.29, 0.717) is 0 Å². The van der Waals surface area contributed by atoms with Crippen LogP contribution in [-0.4, -0.2) is 29.7 Å². The molecule has 2 N–H and O–H groups in total. The summed E-state index contributed by atoms with van der Waals surface area (Å²) in [7, 11) is 0. The van der Waals surface area contributed by atoms with Gasteiger partial charge >= 0.3 is 0 Å². The van der Waals surface area contributed by atoms with E-state index < -0.39 is 5.60 Å². The molecule has 3 heteroatoms. The molecule has 0 aliphatic heterocycles. The molecular formula is C20H27NOS. The van der Waals surface area contributed by atoms with Crippen molar-refractivity contribution in [2.24, 2.45) is 0 Å². The number of nitrogens with one attached hydrogen (secondary N) is 1. The summed E-state index contributed by atoms with van der Waals surface area (Å²) < 4.78 is 0. The molecule has 0 aliphatic carbocycles. The molecular weight excluding hydrogens is 302 g/mol. The topological polar surface area (TPSA) is 32.3 Å². The number of aliphatic hydroxyl groups is 1. The average molecular weight is 330 g/mol. The van der Waals surface area contributed by atoms with Gasteiger partial charge < -0.3 is 10.4 Å². The Hall–Kier alpha value is -1.29. The quantitative estimate of drug-likeness (QED) is 0.728. The molecule has 0 aromatic heterocycles. The van der Waals surface area contributed by atoms with Gasteiger partial charge in [-0.1, -0.05) is 67.6 Å². The zero-order valence-electron chi connectivity index (χ0n) is 14.0. The predicted molar refractivity (Wildman–Crippen MR) is 101 cm³/mol. The maximum absolute atomic E-state index is 11.8. The van der Waals surface area contributed by atoms with Gasteiger partial charge in [0.05, 0.1) is 0 Å². The second-order valence-electron chi connectivity index (χ2n) is 5.79. The van der Waals surface area contributed by atoms with Crippen molar-refractivity contribution in [1.82, 2.24) is 5.32 Å². The van der Waals surface area contributed by atoms with Crippen LogP contribution in [0.5, 0.6) is 0 Å². The van der Waals surface area contributed by atoms with Crippen molar-refractivity contribution in [3.05, 3.63) is 71.8 Å². The van der Waals surface area contributed by atoms with Gasteiger partial charge in [-0.05, 0) is 42.5 Å². The zero-order valence-corrected chi connectivity index (χ0v) is 14.9. The van der Waals surface area contributed by atoms with Crippen LogP contribution in [0.1, 0.15) is 30.9 Å². The molecule has 0 saturated heterocycles. The van der Waals surface area contributed by atoms with E-state index in [1.165, 1.54) is 0 Å². The molecule has 0 heterocycles. The van der Waals surface area contributed by atoms with Crippen LogP contribution >= 0.6 is 11.8 Å². The average Bonchev–Trinajstić information content (AvgIpc) is 2.62. The normalized spacial score (nSPS) is 13.0. The Kier molecular flexibility index (Phi) is 7.15. The van der Waals surface area contributed by atoms with Gasteiger partial charge in [-0.2, -0.15) is 11.8 Å². The summed E-state index contributed by atoms with van der Waals surface area (Å²) in [6.45, 7) is 3.06. The van der Waals surface area contributed by atoms with E-state index in [-0.39, 0.29) is 6.04 Å². The minimum Gasteiger partial charge on any atom is -0.379 e. The first-order valence-corrected chi connectivity index (χ1v) is 9.68. The molecule has 2 aromatic rings. The van der Waals surface area contributed by atoms with Crippen molar-refractivity contribution >= 4 is 11.8 Å². The molecule has 1 atom stereocenters. The van der Waals surface area contributed by atoms with Gasteiger partial charge in [0.2, 0.25) is 0 Å². The molecule has 0 aliphatic rings. The third-order valence-electron chi connectivity index (χ3n) is 4.18. The molecule has 0 spiro atoms. The van der Waals surface area contributed by atoms with Crippen molar-refractivity contribution < 1.29 is 5.11 Å². The summed E-state index contributed by atoms with van der Waals surface area (Å²) in [5.41, 5.74) is 0.870. The lowest BCUT2D eigenvalue weighted by Crippen LogP contribution is -2.50. The second kappa shape index (κ2) is 9.11. The lowest BCUT2D eigenvalue weighted by molar-refractivity contribution is 0.0360. The van der Waals surface area contributed by atoms with Gasteiger partial charge in [0.15, 0.2) is 0 Å². The summed E-state index contributed by atoms with van der Waals surface area (Å²) in [6, 6.07) is 20.0. The number of benzene rings is 2. The standard InChI is InChI=1S/C20H27NOS/c1-3-15-21-19(14-16-23-2)20(22,17-10-6-4-7-11-17)18-12-8-5-9-13-18/h4-13,19,21-22H,3,14-16H2,1-2H3/t19-/m0/s1. The predicted octanol–water partition coefficient (Wildman–Crippen LogP) is 4.04. The van der Waals surface area contributed by atoms with Gasteiger partial charge in [-0.15, -0.1) is 0 Å². The van der Waals surface area contributed by atoms with E-state index >= 15 is 0 Å². The molecule has 0 amide bonds. The van der Waals surface area contributed by atoms with Gasteiger partial charge in [0.1, 0.15) is 5.60 Å². The highest BCUT2D eigenvalue weighted by atomic mass is 32.2. The van der Waals surface area contributed by atoms with Crippen molar-refractivity contribution in [1.29, 1.82) is 0 Å². The smallest absolute Gasteiger partial charge is 0.130 e. The van der Waals surface area contributed by atoms with Crippen molar-refractivity contribution in [3.63, 3.8) is 0 Å². The van der Waals surface area contributed by atoms with Crippen LogP contribution in [-0.2, 0) is 5.60 Å². The Labute approximate surface area is 144 Å². The molecule has 0 fully saturated rings. The summed E-state index contributed by atoms with van der Waals surface area (Å²) in [5, 5.41) is 15.4. The monoisotopic (exact) mass is 329 g/mol. The number of thioether (sulfide) groups is 1. The highest BCUT2D eigenvalue weighted by molar-refractivity contribution is 7.98. The summed E-state index contributed by atoms with van der Waals surface area (Å²) >= 11 is 1.82. The van der Waals surface area contributed by atoms with Crippen LogP contribution in [0.15, 0.2) is 60.7 Å². The van der Waals surface area contributed by atoms with Crippen LogP contribution in [0, 0.1) is 0 Å². The van der Waals surface area contributed by atoms with E-state index in [2.05, 4.69) is 18.5 Å². The van der Waals surface area contributed by atoms with Gasteiger partial charge in [0.25, 0.3) is 0 Å². The third kappa shape index (κ3) is 4.37. The zero-order chi connectivity index (χ0) is 16.5. The first-order chi connectivity index (χ1) is 11.2. The molecule has 2 nitrogen and oxygen atoms in total. The molecule has 0 bridgehead atoms. The fraction of sp³-hybridized carbons (Fsp3) is 0.400. The lowest BCUT2D eigenvalue weighted by atomic mass is 9.79. The molecule has 0 radical (unpaired) electrons. The lowest BCUT2D eigenvalue weighted by Gasteiger charge is -2.38. The minimum atomic E-state index is -1.02. The Balaban J connectivity index is 2.46. The molecule has 124 valence electrons. The van der Waals surface area contributed by atoms with E-state index in [4.69, 9.17) is 0 Å². The first-order valence-electron chi connectivity index (χ1n) is 8.29. The maximum atomic E-state index is 11.8. The Morgan fingerprint density at radius 2 is 1.52 bits per heavy atom. The van der Waals surface area contributed by atoms with Crippen molar-refractivity contribution in [3.8, 4) is 0 Å². The highest BCUT2D eigenvalue weighted by Crippen LogP contribution is 2.34. The van der Waals surface area contributed by atoms with Crippen molar-refractivity contribution in [2.75, 3.05) is 18.6 Å².